The van der Waals surface area contributed by atoms with Gasteiger partial charge in [0, 0.05) is 25.0 Å². The third-order valence-corrected chi connectivity index (χ3v) is 3.92. The van der Waals surface area contributed by atoms with E-state index in [9.17, 15) is 0 Å². The van der Waals surface area contributed by atoms with E-state index < -0.39 is 0 Å². The van der Waals surface area contributed by atoms with Crippen LogP contribution in [0.2, 0.25) is 0 Å². The molecule has 2 fully saturated rings. The normalized spacial score (nSPS) is 24.6. The summed E-state index contributed by atoms with van der Waals surface area (Å²) >= 11 is 0. The van der Waals surface area contributed by atoms with Crippen molar-refractivity contribution in [3.63, 3.8) is 0 Å². The fourth-order valence-corrected chi connectivity index (χ4v) is 2.53. The van der Waals surface area contributed by atoms with Crippen LogP contribution < -0.4 is 10.6 Å². The Labute approximate surface area is 102 Å². The van der Waals surface area contributed by atoms with Crippen molar-refractivity contribution in [1.29, 1.82) is 0 Å². The maximum absolute atomic E-state index is 4.39. The summed E-state index contributed by atoms with van der Waals surface area (Å²) in [6, 6.07) is 0.588. The monoisotopic (exact) mass is 232 g/mol. The second-order valence-electron chi connectivity index (χ2n) is 5.14. The molecule has 0 spiro atoms. The highest BCUT2D eigenvalue weighted by atomic mass is 15.1. The van der Waals surface area contributed by atoms with Crippen LogP contribution in [0.5, 0.6) is 0 Å². The van der Waals surface area contributed by atoms with Gasteiger partial charge in [-0.15, -0.1) is 0 Å². The summed E-state index contributed by atoms with van der Waals surface area (Å²) in [6.07, 6.45) is 10.5. The highest BCUT2D eigenvalue weighted by Crippen LogP contribution is 2.35. The second kappa shape index (κ2) is 5.00. The Balaban J connectivity index is 1.52. The molecule has 4 heteroatoms. The summed E-state index contributed by atoms with van der Waals surface area (Å²) in [5.41, 5.74) is 1.31. The number of anilines is 1. The Hall–Kier alpha value is -1.16. The van der Waals surface area contributed by atoms with E-state index in [1.807, 2.05) is 12.4 Å². The zero-order valence-corrected chi connectivity index (χ0v) is 10.2. The fourth-order valence-electron chi connectivity index (χ4n) is 2.53. The quantitative estimate of drug-likeness (QED) is 0.832. The van der Waals surface area contributed by atoms with Crippen molar-refractivity contribution in [1.82, 2.24) is 15.3 Å². The second-order valence-corrected chi connectivity index (χ2v) is 5.14. The van der Waals surface area contributed by atoms with Crippen LogP contribution in [0, 0.1) is 0 Å². The van der Waals surface area contributed by atoms with Crippen LogP contribution in [0.4, 0.5) is 5.95 Å². The molecule has 0 radical (unpaired) electrons. The lowest BCUT2D eigenvalue weighted by Crippen LogP contribution is -2.29. The van der Waals surface area contributed by atoms with Crippen LogP contribution >= 0.6 is 0 Å². The predicted octanol–water partition coefficient (Wildman–Crippen LogP) is 1.91. The first-order chi connectivity index (χ1) is 8.42. The van der Waals surface area contributed by atoms with Gasteiger partial charge in [0.2, 0.25) is 5.95 Å². The molecular formula is C13H20N4. The van der Waals surface area contributed by atoms with Gasteiger partial charge in [-0.05, 0) is 43.7 Å². The van der Waals surface area contributed by atoms with Gasteiger partial charge in [0.05, 0.1) is 0 Å². The van der Waals surface area contributed by atoms with E-state index in [2.05, 4.69) is 20.6 Å². The smallest absolute Gasteiger partial charge is 0.222 e. The highest BCUT2D eigenvalue weighted by molar-refractivity contribution is 5.27. The zero-order chi connectivity index (χ0) is 11.5. The van der Waals surface area contributed by atoms with Gasteiger partial charge in [0.15, 0.2) is 0 Å². The molecule has 3 rings (SSSR count). The summed E-state index contributed by atoms with van der Waals surface area (Å²) in [4.78, 5) is 8.79. The minimum atomic E-state index is 0.588. The van der Waals surface area contributed by atoms with Crippen molar-refractivity contribution < 1.29 is 0 Å². The van der Waals surface area contributed by atoms with Gasteiger partial charge in [0.25, 0.3) is 0 Å². The summed E-state index contributed by atoms with van der Waals surface area (Å²) in [7, 11) is 0. The van der Waals surface area contributed by atoms with Crippen molar-refractivity contribution in [3.8, 4) is 0 Å². The van der Waals surface area contributed by atoms with E-state index in [1.165, 1.54) is 37.7 Å². The first-order valence-corrected chi connectivity index (χ1v) is 6.71. The summed E-state index contributed by atoms with van der Waals surface area (Å²) in [5, 5.41) is 6.76. The topological polar surface area (TPSA) is 49.8 Å². The SMILES string of the molecule is c1nc(NCC2CCCN2)ncc1C1CCC1. The number of hydrogen-bond acceptors (Lipinski definition) is 4. The maximum atomic E-state index is 4.39. The molecule has 1 aliphatic heterocycles. The standard InChI is InChI=1S/C13H20N4/c1-3-10(4-1)11-7-15-13(16-8-11)17-9-12-5-2-6-14-12/h7-8,10,12,14H,1-6,9H2,(H,15,16,17). The molecule has 1 saturated heterocycles. The number of rotatable bonds is 4. The Morgan fingerprint density at radius 3 is 2.59 bits per heavy atom. The van der Waals surface area contributed by atoms with Gasteiger partial charge in [-0.3, -0.25) is 0 Å². The van der Waals surface area contributed by atoms with Crippen LogP contribution in [0.25, 0.3) is 0 Å². The molecule has 0 amide bonds. The Morgan fingerprint density at radius 1 is 1.18 bits per heavy atom. The molecule has 1 aromatic rings. The van der Waals surface area contributed by atoms with Gasteiger partial charge in [-0.1, -0.05) is 6.42 Å². The van der Waals surface area contributed by atoms with Crippen molar-refractivity contribution in [2.75, 3.05) is 18.4 Å². The van der Waals surface area contributed by atoms with Crippen molar-refractivity contribution >= 4 is 5.95 Å². The van der Waals surface area contributed by atoms with Crippen molar-refractivity contribution in [3.05, 3.63) is 18.0 Å². The molecule has 1 unspecified atom stereocenters. The molecule has 92 valence electrons. The van der Waals surface area contributed by atoms with Gasteiger partial charge in [-0.2, -0.15) is 0 Å². The van der Waals surface area contributed by atoms with E-state index >= 15 is 0 Å². The minimum absolute atomic E-state index is 0.588. The van der Waals surface area contributed by atoms with Crippen LogP contribution in [0.3, 0.4) is 0 Å². The van der Waals surface area contributed by atoms with E-state index in [0.29, 0.717) is 6.04 Å². The van der Waals surface area contributed by atoms with Crippen LogP contribution in [0.1, 0.15) is 43.6 Å². The lowest BCUT2D eigenvalue weighted by Gasteiger charge is -2.25. The zero-order valence-electron chi connectivity index (χ0n) is 10.2. The molecule has 1 saturated carbocycles. The van der Waals surface area contributed by atoms with Crippen LogP contribution in [-0.4, -0.2) is 29.1 Å². The molecule has 2 aliphatic rings. The van der Waals surface area contributed by atoms with Crippen molar-refractivity contribution in [2.24, 2.45) is 0 Å². The van der Waals surface area contributed by atoms with Gasteiger partial charge in [-0.25, -0.2) is 9.97 Å². The largest absolute Gasteiger partial charge is 0.353 e. The molecule has 0 aromatic carbocycles. The lowest BCUT2D eigenvalue weighted by atomic mass is 9.81. The average molecular weight is 232 g/mol. The van der Waals surface area contributed by atoms with E-state index in [1.54, 1.807) is 0 Å². The minimum Gasteiger partial charge on any atom is -0.353 e. The van der Waals surface area contributed by atoms with E-state index in [-0.39, 0.29) is 0 Å². The first kappa shape index (κ1) is 11.0. The van der Waals surface area contributed by atoms with Crippen LogP contribution in [-0.2, 0) is 0 Å². The Bertz CT molecular complexity index is 352. The fraction of sp³-hybridized carbons (Fsp3) is 0.692. The van der Waals surface area contributed by atoms with E-state index in [0.717, 1.165) is 25.0 Å². The molecule has 0 bridgehead atoms. The molecule has 1 aliphatic carbocycles. The Morgan fingerprint density at radius 2 is 2.00 bits per heavy atom. The molecule has 2 heterocycles. The lowest BCUT2D eigenvalue weighted by molar-refractivity contribution is 0.418. The third kappa shape index (κ3) is 2.57. The molecule has 17 heavy (non-hydrogen) atoms. The highest BCUT2D eigenvalue weighted by Gasteiger charge is 2.20. The molecule has 2 N–H and O–H groups in total. The van der Waals surface area contributed by atoms with Gasteiger partial charge < -0.3 is 10.6 Å². The first-order valence-electron chi connectivity index (χ1n) is 6.71. The molecular weight excluding hydrogens is 212 g/mol. The number of nitrogens with one attached hydrogen (secondary N) is 2. The van der Waals surface area contributed by atoms with Crippen molar-refractivity contribution in [2.45, 2.75) is 44.1 Å². The molecule has 4 nitrogen and oxygen atoms in total. The van der Waals surface area contributed by atoms with E-state index in [4.69, 9.17) is 0 Å². The Kier molecular flexibility index (Phi) is 3.22. The van der Waals surface area contributed by atoms with Gasteiger partial charge >= 0.3 is 0 Å². The number of hydrogen-bond donors (Lipinski definition) is 2. The number of aromatic nitrogens is 2. The predicted molar refractivity (Wildman–Crippen MR) is 68.1 cm³/mol. The maximum Gasteiger partial charge on any atom is 0.222 e. The summed E-state index contributed by atoms with van der Waals surface area (Å²) in [6.45, 7) is 2.08. The molecule has 1 aromatic heterocycles. The summed E-state index contributed by atoms with van der Waals surface area (Å²) in [5.74, 6) is 1.49. The average Bonchev–Trinajstić information content (AvgIpc) is 2.79. The molecule has 1 atom stereocenters. The van der Waals surface area contributed by atoms with Gasteiger partial charge in [0.1, 0.15) is 0 Å². The number of nitrogens with zero attached hydrogens (tertiary/aromatic N) is 2. The summed E-state index contributed by atoms with van der Waals surface area (Å²) < 4.78 is 0. The van der Waals surface area contributed by atoms with Crippen LogP contribution in [0.15, 0.2) is 12.4 Å². The third-order valence-electron chi connectivity index (χ3n) is 3.92.